The summed E-state index contributed by atoms with van der Waals surface area (Å²) in [6, 6.07) is 15.8. The first-order valence-corrected chi connectivity index (χ1v) is 6.42. The summed E-state index contributed by atoms with van der Waals surface area (Å²) < 4.78 is 0. The van der Waals surface area contributed by atoms with Crippen LogP contribution in [0.15, 0.2) is 54.6 Å². The minimum Gasteiger partial charge on any atom is -0.508 e. The van der Waals surface area contributed by atoms with Crippen molar-refractivity contribution in [1.82, 2.24) is 5.32 Å². The summed E-state index contributed by atoms with van der Waals surface area (Å²) in [5.74, 6) is -0.204. The highest BCUT2D eigenvalue weighted by molar-refractivity contribution is 5.95. The minimum absolute atomic E-state index is 0.0619. The van der Waals surface area contributed by atoms with Crippen molar-refractivity contribution in [2.24, 2.45) is 5.73 Å². The molecule has 0 aliphatic rings. The predicted molar refractivity (Wildman–Crippen MR) is 78.4 cm³/mol. The smallest absolute Gasteiger partial charge is 0.252 e. The van der Waals surface area contributed by atoms with Crippen molar-refractivity contribution in [2.45, 2.75) is 12.5 Å². The zero-order valence-electron chi connectivity index (χ0n) is 11.3. The summed E-state index contributed by atoms with van der Waals surface area (Å²) in [4.78, 5) is 12.3. The summed E-state index contributed by atoms with van der Waals surface area (Å²) in [7, 11) is 0. The molecule has 0 aliphatic carbocycles. The predicted octanol–water partition coefficient (Wildman–Crippen LogP) is 2.00. The maximum Gasteiger partial charge on any atom is 0.252 e. The fraction of sp³-hybridized carbons (Fsp3) is 0.188. The van der Waals surface area contributed by atoms with Crippen molar-refractivity contribution >= 4 is 5.91 Å². The number of phenols is 1. The molecule has 2 aromatic carbocycles. The number of hydrogen-bond acceptors (Lipinski definition) is 3. The van der Waals surface area contributed by atoms with Crippen LogP contribution in [0.25, 0.3) is 0 Å². The van der Waals surface area contributed by atoms with Crippen LogP contribution in [0.2, 0.25) is 0 Å². The molecule has 2 aromatic rings. The fourth-order valence-corrected chi connectivity index (χ4v) is 2.02. The number of carbonyl (C=O) groups excluding carboxylic acids is 1. The van der Waals surface area contributed by atoms with Gasteiger partial charge in [0.05, 0.1) is 5.54 Å². The Morgan fingerprint density at radius 3 is 2.50 bits per heavy atom. The first-order chi connectivity index (χ1) is 9.55. The van der Waals surface area contributed by atoms with Gasteiger partial charge in [-0.1, -0.05) is 36.4 Å². The van der Waals surface area contributed by atoms with Crippen LogP contribution in [-0.2, 0) is 5.54 Å². The summed E-state index contributed by atoms with van der Waals surface area (Å²) >= 11 is 0. The number of phenolic OH excluding ortho intramolecular Hbond substituents is 1. The van der Waals surface area contributed by atoms with E-state index >= 15 is 0 Å². The van der Waals surface area contributed by atoms with Gasteiger partial charge in [0.25, 0.3) is 5.91 Å². The Labute approximate surface area is 118 Å². The van der Waals surface area contributed by atoms with Gasteiger partial charge in [0.1, 0.15) is 5.75 Å². The number of aromatic hydroxyl groups is 1. The van der Waals surface area contributed by atoms with E-state index in [2.05, 4.69) is 5.32 Å². The molecule has 0 aliphatic heterocycles. The quantitative estimate of drug-likeness (QED) is 0.795. The van der Waals surface area contributed by atoms with Gasteiger partial charge >= 0.3 is 0 Å². The van der Waals surface area contributed by atoms with Crippen LogP contribution in [-0.4, -0.2) is 17.6 Å². The summed E-state index contributed by atoms with van der Waals surface area (Å²) in [6.07, 6.45) is 0. The van der Waals surface area contributed by atoms with Gasteiger partial charge in [0, 0.05) is 12.1 Å². The minimum atomic E-state index is -0.649. The molecule has 1 amide bonds. The number of benzene rings is 2. The number of carbonyl (C=O) groups is 1. The van der Waals surface area contributed by atoms with Crippen molar-refractivity contribution in [2.75, 3.05) is 6.54 Å². The van der Waals surface area contributed by atoms with Gasteiger partial charge in [-0.05, 0) is 30.7 Å². The highest BCUT2D eigenvalue weighted by Gasteiger charge is 2.27. The van der Waals surface area contributed by atoms with Gasteiger partial charge in [-0.2, -0.15) is 0 Å². The highest BCUT2D eigenvalue weighted by atomic mass is 16.3. The van der Waals surface area contributed by atoms with Gasteiger partial charge < -0.3 is 16.2 Å². The van der Waals surface area contributed by atoms with Crippen LogP contribution in [0.4, 0.5) is 0 Å². The Morgan fingerprint density at radius 1 is 1.20 bits per heavy atom. The number of nitrogens with one attached hydrogen (secondary N) is 1. The molecule has 0 radical (unpaired) electrons. The van der Waals surface area contributed by atoms with E-state index in [0.29, 0.717) is 5.56 Å². The van der Waals surface area contributed by atoms with Crippen LogP contribution in [0.1, 0.15) is 22.8 Å². The largest absolute Gasteiger partial charge is 0.508 e. The average Bonchev–Trinajstić information content (AvgIpc) is 2.48. The van der Waals surface area contributed by atoms with Gasteiger partial charge in [-0.15, -0.1) is 0 Å². The summed E-state index contributed by atoms with van der Waals surface area (Å²) in [5, 5.41) is 12.4. The molecule has 0 saturated heterocycles. The summed E-state index contributed by atoms with van der Waals surface area (Å²) in [5.41, 5.74) is 6.53. The van der Waals surface area contributed by atoms with Gasteiger partial charge in [0.2, 0.25) is 0 Å². The van der Waals surface area contributed by atoms with E-state index in [1.165, 1.54) is 12.1 Å². The highest BCUT2D eigenvalue weighted by Crippen LogP contribution is 2.20. The third kappa shape index (κ3) is 2.97. The van der Waals surface area contributed by atoms with E-state index in [1.54, 1.807) is 12.1 Å². The molecule has 1 unspecified atom stereocenters. The van der Waals surface area contributed by atoms with Crippen molar-refractivity contribution in [3.8, 4) is 5.75 Å². The second kappa shape index (κ2) is 5.75. The molecule has 1 atom stereocenters. The molecule has 0 saturated carbocycles. The lowest BCUT2D eigenvalue weighted by atomic mass is 9.91. The molecule has 0 aromatic heterocycles. The van der Waals surface area contributed by atoms with E-state index in [9.17, 15) is 9.90 Å². The van der Waals surface area contributed by atoms with Gasteiger partial charge in [-0.3, -0.25) is 4.79 Å². The lowest BCUT2D eigenvalue weighted by molar-refractivity contribution is 0.0907. The second-order valence-electron chi connectivity index (χ2n) is 4.91. The van der Waals surface area contributed by atoms with E-state index in [4.69, 9.17) is 5.73 Å². The monoisotopic (exact) mass is 270 g/mol. The molecule has 4 heteroatoms. The third-order valence-electron chi connectivity index (χ3n) is 3.32. The van der Waals surface area contributed by atoms with Crippen LogP contribution in [0, 0.1) is 0 Å². The lowest BCUT2D eigenvalue weighted by Gasteiger charge is -2.30. The molecule has 20 heavy (non-hydrogen) atoms. The zero-order valence-corrected chi connectivity index (χ0v) is 11.3. The van der Waals surface area contributed by atoms with E-state index in [0.717, 1.165) is 5.56 Å². The van der Waals surface area contributed by atoms with E-state index < -0.39 is 5.54 Å². The summed E-state index contributed by atoms with van der Waals surface area (Å²) in [6.45, 7) is 2.16. The van der Waals surface area contributed by atoms with Crippen LogP contribution >= 0.6 is 0 Å². The Balaban J connectivity index is 2.24. The molecule has 0 heterocycles. The fourth-order valence-electron chi connectivity index (χ4n) is 2.02. The molecule has 2 rings (SSSR count). The first kappa shape index (κ1) is 14.1. The molecule has 0 bridgehead atoms. The van der Waals surface area contributed by atoms with Crippen molar-refractivity contribution in [3.05, 3.63) is 65.7 Å². The Hall–Kier alpha value is -2.33. The molecular weight excluding hydrogens is 252 g/mol. The lowest BCUT2D eigenvalue weighted by Crippen LogP contribution is -2.48. The second-order valence-corrected chi connectivity index (χ2v) is 4.91. The maximum absolute atomic E-state index is 12.3. The normalized spacial score (nSPS) is 13.5. The van der Waals surface area contributed by atoms with Crippen LogP contribution in [0.5, 0.6) is 5.75 Å². The van der Waals surface area contributed by atoms with Crippen LogP contribution < -0.4 is 11.1 Å². The Morgan fingerprint density at radius 2 is 1.90 bits per heavy atom. The number of amides is 1. The topological polar surface area (TPSA) is 75.3 Å². The molecule has 0 fully saturated rings. The Kier molecular flexibility index (Phi) is 4.05. The molecule has 4 N–H and O–H groups in total. The van der Waals surface area contributed by atoms with Gasteiger partial charge in [-0.25, -0.2) is 0 Å². The molecular formula is C16H18N2O2. The Bertz CT molecular complexity index is 598. The van der Waals surface area contributed by atoms with Crippen LogP contribution in [0.3, 0.4) is 0 Å². The first-order valence-electron chi connectivity index (χ1n) is 6.42. The maximum atomic E-state index is 12.3. The number of rotatable bonds is 4. The van der Waals surface area contributed by atoms with Crippen molar-refractivity contribution < 1.29 is 9.90 Å². The molecule has 104 valence electrons. The zero-order chi connectivity index (χ0) is 14.6. The van der Waals surface area contributed by atoms with Gasteiger partial charge in [0.15, 0.2) is 0 Å². The van der Waals surface area contributed by atoms with Crippen molar-refractivity contribution in [3.63, 3.8) is 0 Å². The number of hydrogen-bond donors (Lipinski definition) is 3. The molecule has 0 spiro atoms. The number of nitrogens with two attached hydrogens (primary N) is 1. The van der Waals surface area contributed by atoms with Crippen molar-refractivity contribution in [1.29, 1.82) is 0 Å². The van der Waals surface area contributed by atoms with E-state index in [1.807, 2.05) is 37.3 Å². The van der Waals surface area contributed by atoms with E-state index in [-0.39, 0.29) is 18.2 Å². The molecule has 4 nitrogen and oxygen atoms in total. The SMILES string of the molecule is CC(CN)(NC(=O)c1cccc(O)c1)c1ccccc1. The standard InChI is InChI=1S/C16H18N2O2/c1-16(11-17,13-7-3-2-4-8-13)18-15(20)12-6-5-9-14(19)10-12/h2-10,19H,11,17H2,1H3,(H,18,20). The average molecular weight is 270 g/mol. The third-order valence-corrected chi connectivity index (χ3v) is 3.32.